The molecule has 0 amide bonds. The van der Waals surface area contributed by atoms with E-state index in [0.29, 0.717) is 0 Å². The molecule has 0 aromatic rings. The van der Waals surface area contributed by atoms with Crippen LogP contribution in [0.4, 0.5) is 0 Å². The van der Waals surface area contributed by atoms with Gasteiger partial charge in [-0.15, -0.1) is 0 Å². The van der Waals surface area contributed by atoms with Gasteiger partial charge < -0.3 is 10.7 Å². The van der Waals surface area contributed by atoms with E-state index in [1.54, 1.807) is 0 Å². The van der Waals surface area contributed by atoms with Gasteiger partial charge in [-0.2, -0.15) is 5.10 Å². The van der Waals surface area contributed by atoms with Crippen LogP contribution in [0.15, 0.2) is 5.10 Å². The first-order valence-electron chi connectivity index (χ1n) is 5.09. The zero-order valence-corrected chi connectivity index (χ0v) is 9.01. The Hall–Kier alpha value is -0.730. The molecule has 1 heterocycles. The molecule has 3 heteroatoms. The highest BCUT2D eigenvalue weighted by Gasteiger charge is 2.25. The number of hydrogen-bond donors (Lipinski definition) is 1. The number of nitrogens with zero attached hydrogens (tertiary/aromatic N) is 2. The Morgan fingerprint density at radius 3 is 2.08 bits per heavy atom. The number of rotatable bonds is 0. The molecule has 0 aliphatic carbocycles. The van der Waals surface area contributed by atoms with Crippen LogP contribution in [0.5, 0.6) is 0 Å². The van der Waals surface area contributed by atoms with E-state index in [9.17, 15) is 0 Å². The second-order valence-electron chi connectivity index (χ2n) is 4.75. The summed E-state index contributed by atoms with van der Waals surface area (Å²) in [6.45, 7) is 8.72. The first-order valence-corrected chi connectivity index (χ1v) is 5.09. The molecule has 1 saturated heterocycles. The number of hydrogen-bond acceptors (Lipinski definition) is 2. The Balaban J connectivity index is 2.66. The predicted octanol–water partition coefficient (Wildman–Crippen LogP) is 1.79. The lowest BCUT2D eigenvalue weighted by Crippen LogP contribution is -2.43. The third-order valence-corrected chi connectivity index (χ3v) is 2.45. The Morgan fingerprint density at radius 2 is 1.69 bits per heavy atom. The summed E-state index contributed by atoms with van der Waals surface area (Å²) in [6, 6.07) is 0. The Bertz CT molecular complexity index is 185. The second kappa shape index (κ2) is 3.99. The molecule has 76 valence electrons. The molecule has 0 bridgehead atoms. The molecule has 0 unspecified atom stereocenters. The second-order valence-corrected chi connectivity index (χ2v) is 4.75. The van der Waals surface area contributed by atoms with Crippen molar-refractivity contribution < 1.29 is 0 Å². The van der Waals surface area contributed by atoms with Crippen LogP contribution in [-0.2, 0) is 0 Å². The van der Waals surface area contributed by atoms with Crippen LogP contribution in [0.2, 0.25) is 0 Å². The van der Waals surface area contributed by atoms with Gasteiger partial charge in [-0.1, -0.05) is 20.8 Å². The van der Waals surface area contributed by atoms with E-state index in [2.05, 4.69) is 30.8 Å². The fraction of sp³-hybridized carbons (Fsp3) is 0.900. The highest BCUT2D eigenvalue weighted by molar-refractivity contribution is 5.87. The molecule has 0 aromatic carbocycles. The molecule has 2 N–H and O–H groups in total. The van der Waals surface area contributed by atoms with E-state index < -0.39 is 0 Å². The highest BCUT2D eigenvalue weighted by atomic mass is 15.3. The summed E-state index contributed by atoms with van der Waals surface area (Å²) >= 11 is 0. The summed E-state index contributed by atoms with van der Waals surface area (Å²) in [7, 11) is 0. The van der Waals surface area contributed by atoms with Crippen LogP contribution < -0.4 is 5.84 Å². The standard InChI is InChI=1S/C10H21N3/c1-10(2,3)9(12-11)13-7-5-4-6-8-13/h4-8,11H2,1-3H3/b12-9-. The first kappa shape index (κ1) is 10.4. The molecule has 3 nitrogen and oxygen atoms in total. The molecular formula is C10H21N3. The van der Waals surface area contributed by atoms with E-state index in [-0.39, 0.29) is 5.41 Å². The molecule has 0 spiro atoms. The number of hydrazone groups is 1. The van der Waals surface area contributed by atoms with Gasteiger partial charge in [-0.25, -0.2) is 0 Å². The molecule has 1 aliphatic rings. The third-order valence-electron chi connectivity index (χ3n) is 2.45. The van der Waals surface area contributed by atoms with Crippen LogP contribution >= 0.6 is 0 Å². The summed E-state index contributed by atoms with van der Waals surface area (Å²) in [6.07, 6.45) is 3.89. The zero-order chi connectivity index (χ0) is 9.90. The van der Waals surface area contributed by atoms with Crippen LogP contribution in [-0.4, -0.2) is 23.8 Å². The Morgan fingerprint density at radius 1 is 1.15 bits per heavy atom. The summed E-state index contributed by atoms with van der Waals surface area (Å²) in [4.78, 5) is 2.32. The quantitative estimate of drug-likeness (QED) is 0.269. The van der Waals surface area contributed by atoms with Crippen molar-refractivity contribution in [2.45, 2.75) is 40.0 Å². The van der Waals surface area contributed by atoms with Gasteiger partial charge in [-0.05, 0) is 19.3 Å². The van der Waals surface area contributed by atoms with Crippen molar-refractivity contribution in [1.82, 2.24) is 4.90 Å². The van der Waals surface area contributed by atoms with Crippen molar-refractivity contribution in [3.05, 3.63) is 0 Å². The molecule has 0 radical (unpaired) electrons. The van der Waals surface area contributed by atoms with Crippen LogP contribution in [0.3, 0.4) is 0 Å². The maximum Gasteiger partial charge on any atom is 0.129 e. The van der Waals surface area contributed by atoms with Crippen molar-refractivity contribution in [3.8, 4) is 0 Å². The molecule has 0 atom stereocenters. The van der Waals surface area contributed by atoms with Gasteiger partial charge in [0.05, 0.1) is 0 Å². The molecular weight excluding hydrogens is 162 g/mol. The van der Waals surface area contributed by atoms with Crippen molar-refractivity contribution in [2.24, 2.45) is 16.4 Å². The summed E-state index contributed by atoms with van der Waals surface area (Å²) in [5, 5.41) is 3.93. The number of piperidine rings is 1. The zero-order valence-electron chi connectivity index (χ0n) is 9.01. The predicted molar refractivity (Wildman–Crippen MR) is 56.5 cm³/mol. The molecule has 13 heavy (non-hydrogen) atoms. The minimum atomic E-state index is 0.0755. The SMILES string of the molecule is CC(C)(C)/C(=N/N)N1CCCCC1. The maximum absolute atomic E-state index is 5.44. The van der Waals surface area contributed by atoms with E-state index in [4.69, 9.17) is 5.84 Å². The fourth-order valence-electron chi connectivity index (χ4n) is 1.86. The fourth-order valence-corrected chi connectivity index (χ4v) is 1.86. The van der Waals surface area contributed by atoms with Gasteiger partial charge in [-0.3, -0.25) is 0 Å². The summed E-state index contributed by atoms with van der Waals surface area (Å²) in [5.41, 5.74) is 0.0755. The van der Waals surface area contributed by atoms with E-state index in [1.165, 1.54) is 19.3 Å². The van der Waals surface area contributed by atoms with Crippen molar-refractivity contribution in [3.63, 3.8) is 0 Å². The van der Waals surface area contributed by atoms with Gasteiger partial charge >= 0.3 is 0 Å². The van der Waals surface area contributed by atoms with Crippen LogP contribution in [0, 0.1) is 5.41 Å². The summed E-state index contributed by atoms with van der Waals surface area (Å²) < 4.78 is 0. The van der Waals surface area contributed by atoms with Gasteiger partial charge in [0.2, 0.25) is 0 Å². The lowest BCUT2D eigenvalue weighted by molar-refractivity contribution is 0.311. The van der Waals surface area contributed by atoms with Crippen molar-refractivity contribution >= 4 is 5.84 Å². The average Bonchev–Trinajstić information content (AvgIpc) is 2.05. The highest BCUT2D eigenvalue weighted by Crippen LogP contribution is 2.21. The average molecular weight is 183 g/mol. The van der Waals surface area contributed by atoms with Crippen LogP contribution in [0.25, 0.3) is 0 Å². The van der Waals surface area contributed by atoms with Gasteiger partial charge in [0, 0.05) is 18.5 Å². The van der Waals surface area contributed by atoms with Gasteiger partial charge in [0.15, 0.2) is 0 Å². The lowest BCUT2D eigenvalue weighted by atomic mass is 9.93. The number of likely N-dealkylation sites (tertiary alicyclic amines) is 1. The Kier molecular flexibility index (Phi) is 3.17. The number of amidine groups is 1. The van der Waals surface area contributed by atoms with E-state index >= 15 is 0 Å². The smallest absolute Gasteiger partial charge is 0.129 e. The van der Waals surface area contributed by atoms with Crippen molar-refractivity contribution in [1.29, 1.82) is 0 Å². The molecule has 1 fully saturated rings. The summed E-state index contributed by atoms with van der Waals surface area (Å²) in [5.74, 6) is 6.48. The maximum atomic E-state index is 5.44. The lowest BCUT2D eigenvalue weighted by Gasteiger charge is -2.35. The molecule has 1 aliphatic heterocycles. The van der Waals surface area contributed by atoms with E-state index in [0.717, 1.165) is 18.9 Å². The monoisotopic (exact) mass is 183 g/mol. The number of nitrogens with two attached hydrogens (primary N) is 1. The Labute approximate surface area is 81.0 Å². The van der Waals surface area contributed by atoms with Gasteiger partial charge in [0.1, 0.15) is 5.84 Å². The largest absolute Gasteiger partial charge is 0.358 e. The topological polar surface area (TPSA) is 41.6 Å². The minimum Gasteiger partial charge on any atom is -0.358 e. The van der Waals surface area contributed by atoms with Gasteiger partial charge in [0.25, 0.3) is 0 Å². The molecule has 1 rings (SSSR count). The van der Waals surface area contributed by atoms with Crippen LogP contribution in [0.1, 0.15) is 40.0 Å². The third kappa shape index (κ3) is 2.61. The molecule has 0 aromatic heterocycles. The first-order chi connectivity index (χ1) is 6.05. The van der Waals surface area contributed by atoms with Crippen molar-refractivity contribution in [2.75, 3.05) is 13.1 Å². The molecule has 0 saturated carbocycles. The van der Waals surface area contributed by atoms with E-state index in [1.807, 2.05) is 0 Å². The normalized spacial score (nSPS) is 20.5. The minimum absolute atomic E-state index is 0.0755.